The van der Waals surface area contributed by atoms with E-state index in [1.54, 1.807) is 0 Å². The summed E-state index contributed by atoms with van der Waals surface area (Å²) in [6.07, 6.45) is 5.48. The summed E-state index contributed by atoms with van der Waals surface area (Å²) in [6.45, 7) is 2.27. The van der Waals surface area contributed by atoms with Crippen LogP contribution in [-0.2, 0) is 19.0 Å². The van der Waals surface area contributed by atoms with Crippen molar-refractivity contribution >= 4 is 5.97 Å². The quantitative estimate of drug-likeness (QED) is 0.655. The Balaban J connectivity index is 1.80. The first-order chi connectivity index (χ1) is 7.20. The molecule has 2 rings (SSSR count). The van der Waals surface area contributed by atoms with Crippen molar-refractivity contribution in [2.24, 2.45) is 0 Å². The van der Waals surface area contributed by atoms with Crippen LogP contribution in [0, 0.1) is 0 Å². The molecule has 1 unspecified atom stereocenters. The van der Waals surface area contributed by atoms with Crippen molar-refractivity contribution in [2.45, 2.75) is 50.9 Å². The zero-order valence-electron chi connectivity index (χ0n) is 9.16. The van der Waals surface area contributed by atoms with Crippen LogP contribution in [0.1, 0.15) is 39.0 Å². The Morgan fingerprint density at radius 1 is 1.40 bits per heavy atom. The summed E-state index contributed by atoms with van der Waals surface area (Å²) in [5.74, 6) is -0.619. The third-order valence-corrected chi connectivity index (χ3v) is 3.00. The lowest BCUT2D eigenvalue weighted by molar-refractivity contribution is -0.192. The Labute approximate surface area is 89.9 Å². The van der Waals surface area contributed by atoms with Gasteiger partial charge in [-0.2, -0.15) is 0 Å². The van der Waals surface area contributed by atoms with Gasteiger partial charge in [0.15, 0.2) is 5.79 Å². The van der Waals surface area contributed by atoms with Gasteiger partial charge in [-0.3, -0.25) is 4.79 Å². The summed E-state index contributed by atoms with van der Waals surface area (Å²) < 4.78 is 16.5. The Bertz CT molecular complexity index is 233. The van der Waals surface area contributed by atoms with Gasteiger partial charge in [0.25, 0.3) is 0 Å². The summed E-state index contributed by atoms with van der Waals surface area (Å²) in [5.41, 5.74) is 0. The minimum absolute atomic E-state index is 0.0769. The van der Waals surface area contributed by atoms with Crippen molar-refractivity contribution in [3.05, 3.63) is 0 Å². The molecule has 1 atom stereocenters. The Hall–Kier alpha value is -0.610. The van der Waals surface area contributed by atoms with Gasteiger partial charge in [-0.05, 0) is 12.8 Å². The molecule has 0 bridgehead atoms. The van der Waals surface area contributed by atoms with Gasteiger partial charge in [0.05, 0.1) is 6.61 Å². The van der Waals surface area contributed by atoms with E-state index < -0.39 is 0 Å². The molecule has 2 aliphatic rings. The van der Waals surface area contributed by atoms with E-state index in [0.29, 0.717) is 13.2 Å². The van der Waals surface area contributed by atoms with Crippen molar-refractivity contribution in [1.29, 1.82) is 0 Å². The zero-order chi connectivity index (χ0) is 10.7. The molecule has 0 aromatic rings. The highest BCUT2D eigenvalue weighted by Gasteiger charge is 2.42. The molecule has 4 heteroatoms. The number of carbonyl (C=O) groups excluding carboxylic acids is 1. The van der Waals surface area contributed by atoms with Crippen LogP contribution in [0.5, 0.6) is 0 Å². The van der Waals surface area contributed by atoms with E-state index in [2.05, 4.69) is 0 Å². The van der Waals surface area contributed by atoms with Gasteiger partial charge in [0.2, 0.25) is 0 Å². The maximum Gasteiger partial charge on any atom is 0.302 e. The van der Waals surface area contributed by atoms with E-state index in [4.69, 9.17) is 14.2 Å². The minimum Gasteiger partial charge on any atom is -0.463 e. The predicted molar refractivity (Wildman–Crippen MR) is 53.3 cm³/mol. The Morgan fingerprint density at radius 3 is 2.80 bits per heavy atom. The summed E-state index contributed by atoms with van der Waals surface area (Å²) >= 11 is 0. The van der Waals surface area contributed by atoms with E-state index >= 15 is 0 Å². The molecule has 4 nitrogen and oxygen atoms in total. The maximum atomic E-state index is 10.6. The van der Waals surface area contributed by atoms with Gasteiger partial charge >= 0.3 is 5.97 Å². The van der Waals surface area contributed by atoms with Crippen LogP contribution in [0.2, 0.25) is 0 Å². The van der Waals surface area contributed by atoms with Gasteiger partial charge in [-0.25, -0.2) is 0 Å². The molecule has 1 saturated carbocycles. The third-order valence-electron chi connectivity index (χ3n) is 3.00. The SMILES string of the molecule is CC(=O)OCC1COC2(CCCCC2)O1. The van der Waals surface area contributed by atoms with Crippen molar-refractivity contribution in [1.82, 2.24) is 0 Å². The van der Waals surface area contributed by atoms with Crippen molar-refractivity contribution in [2.75, 3.05) is 13.2 Å². The number of carbonyl (C=O) groups is 1. The highest BCUT2D eigenvalue weighted by molar-refractivity contribution is 5.65. The number of rotatable bonds is 2. The van der Waals surface area contributed by atoms with Gasteiger partial charge in [-0.1, -0.05) is 6.42 Å². The van der Waals surface area contributed by atoms with Crippen LogP contribution in [0.15, 0.2) is 0 Å². The van der Waals surface area contributed by atoms with Crippen LogP contribution in [-0.4, -0.2) is 31.1 Å². The molecule has 1 aliphatic heterocycles. The average Bonchev–Trinajstić information content (AvgIpc) is 2.60. The monoisotopic (exact) mass is 214 g/mol. The lowest BCUT2D eigenvalue weighted by Gasteiger charge is -2.31. The molecule has 86 valence electrons. The van der Waals surface area contributed by atoms with E-state index in [0.717, 1.165) is 12.8 Å². The summed E-state index contributed by atoms with van der Waals surface area (Å²) in [7, 11) is 0. The maximum absolute atomic E-state index is 10.6. The fourth-order valence-electron chi connectivity index (χ4n) is 2.26. The minimum atomic E-state index is -0.358. The molecular formula is C11H18O4. The van der Waals surface area contributed by atoms with Gasteiger partial charge in [-0.15, -0.1) is 0 Å². The molecule has 0 aromatic carbocycles. The standard InChI is InChI=1S/C11H18O4/c1-9(12)13-7-10-8-14-11(15-10)5-3-2-4-6-11/h10H,2-8H2,1H3. The first-order valence-corrected chi connectivity index (χ1v) is 5.65. The molecule has 2 fully saturated rings. The Morgan fingerprint density at radius 2 is 2.13 bits per heavy atom. The molecule has 1 aliphatic carbocycles. The first-order valence-electron chi connectivity index (χ1n) is 5.65. The molecular weight excluding hydrogens is 196 g/mol. The average molecular weight is 214 g/mol. The van der Waals surface area contributed by atoms with Gasteiger partial charge in [0.1, 0.15) is 12.7 Å². The molecule has 0 amide bonds. The van der Waals surface area contributed by atoms with Crippen LogP contribution in [0.25, 0.3) is 0 Å². The zero-order valence-corrected chi connectivity index (χ0v) is 9.16. The molecule has 0 aromatic heterocycles. The number of ether oxygens (including phenoxy) is 3. The van der Waals surface area contributed by atoms with E-state index in [1.807, 2.05) is 0 Å². The molecule has 0 radical (unpaired) electrons. The largest absolute Gasteiger partial charge is 0.463 e. The topological polar surface area (TPSA) is 44.8 Å². The third kappa shape index (κ3) is 2.69. The first kappa shape index (κ1) is 10.9. The summed E-state index contributed by atoms with van der Waals surface area (Å²) in [5, 5.41) is 0. The second-order valence-corrected chi connectivity index (χ2v) is 4.32. The molecule has 0 N–H and O–H groups in total. The normalized spacial score (nSPS) is 29.3. The highest BCUT2D eigenvalue weighted by atomic mass is 16.8. The van der Waals surface area contributed by atoms with E-state index in [-0.39, 0.29) is 17.9 Å². The van der Waals surface area contributed by atoms with Crippen LogP contribution in [0.4, 0.5) is 0 Å². The molecule has 15 heavy (non-hydrogen) atoms. The smallest absolute Gasteiger partial charge is 0.302 e. The van der Waals surface area contributed by atoms with Crippen LogP contribution >= 0.6 is 0 Å². The lowest BCUT2D eigenvalue weighted by Crippen LogP contribution is -2.34. The van der Waals surface area contributed by atoms with Crippen LogP contribution in [0.3, 0.4) is 0 Å². The second-order valence-electron chi connectivity index (χ2n) is 4.32. The molecule has 1 heterocycles. The lowest BCUT2D eigenvalue weighted by atomic mass is 9.94. The van der Waals surface area contributed by atoms with E-state index in [9.17, 15) is 4.79 Å². The summed E-state index contributed by atoms with van der Waals surface area (Å²) in [4.78, 5) is 10.6. The second kappa shape index (κ2) is 4.49. The van der Waals surface area contributed by atoms with Crippen molar-refractivity contribution in [3.8, 4) is 0 Å². The highest BCUT2D eigenvalue weighted by Crippen LogP contribution is 2.37. The Kier molecular flexibility index (Phi) is 3.26. The van der Waals surface area contributed by atoms with Crippen molar-refractivity contribution < 1.29 is 19.0 Å². The van der Waals surface area contributed by atoms with Gasteiger partial charge < -0.3 is 14.2 Å². The van der Waals surface area contributed by atoms with Crippen molar-refractivity contribution in [3.63, 3.8) is 0 Å². The molecule has 1 saturated heterocycles. The van der Waals surface area contributed by atoms with E-state index in [1.165, 1.54) is 26.2 Å². The predicted octanol–water partition coefficient (Wildman–Crippen LogP) is 1.63. The number of hydrogen-bond acceptors (Lipinski definition) is 4. The summed E-state index contributed by atoms with van der Waals surface area (Å²) in [6, 6.07) is 0. The van der Waals surface area contributed by atoms with Gasteiger partial charge in [0, 0.05) is 19.8 Å². The van der Waals surface area contributed by atoms with Crippen LogP contribution < -0.4 is 0 Å². The fourth-order valence-corrected chi connectivity index (χ4v) is 2.26. The number of esters is 1. The number of hydrogen-bond donors (Lipinski definition) is 0. The fraction of sp³-hybridized carbons (Fsp3) is 0.909. The molecule has 1 spiro atoms.